The number of nitrogens with zero attached hydrogens (tertiary/aromatic N) is 3. The van der Waals surface area contributed by atoms with Crippen molar-refractivity contribution >= 4 is 23.6 Å². The zero-order valence-corrected chi connectivity index (χ0v) is 28.3. The largest absolute Gasteiger partial charge is 0.352 e. The number of nitrogens with one attached hydrogen (secondary N) is 2. The average molecular weight is 590 g/mol. The highest BCUT2D eigenvalue weighted by atomic mass is 16.2. The Hall–Kier alpha value is -2.42. The van der Waals surface area contributed by atoms with E-state index in [0.717, 1.165) is 38.6 Å². The monoisotopic (exact) mass is 589 g/mol. The van der Waals surface area contributed by atoms with Crippen molar-refractivity contribution in [2.75, 3.05) is 20.1 Å². The number of rotatable bonds is 11. The third-order valence-electron chi connectivity index (χ3n) is 8.96. The Bertz CT molecular complexity index is 985. The molecule has 9 nitrogen and oxygen atoms in total. The lowest BCUT2D eigenvalue weighted by Gasteiger charge is -2.41. The average Bonchev–Trinajstić information content (AvgIpc) is 3.42. The Kier molecular flexibility index (Phi) is 13.1. The molecule has 0 aromatic carbocycles. The van der Waals surface area contributed by atoms with Crippen LogP contribution in [-0.4, -0.2) is 94.7 Å². The molecule has 2 aliphatic heterocycles. The van der Waals surface area contributed by atoms with E-state index in [1.54, 1.807) is 23.8 Å². The summed E-state index contributed by atoms with van der Waals surface area (Å²) in [5.74, 6) is -0.520. The predicted molar refractivity (Wildman–Crippen MR) is 169 cm³/mol. The quantitative estimate of drug-likeness (QED) is 0.353. The fourth-order valence-electron chi connectivity index (χ4n) is 6.12. The van der Waals surface area contributed by atoms with E-state index < -0.39 is 17.5 Å². The molecule has 0 aliphatic carbocycles. The maximum atomic E-state index is 14.1. The van der Waals surface area contributed by atoms with Crippen LogP contribution in [0.25, 0.3) is 0 Å². The molecule has 2 rings (SSSR count). The highest BCUT2D eigenvalue weighted by Gasteiger charge is 2.40. The minimum atomic E-state index is -0.719. The first-order chi connectivity index (χ1) is 19.5. The molecule has 0 saturated carbocycles. The second-order valence-electron chi connectivity index (χ2n) is 14.2. The second-order valence-corrected chi connectivity index (χ2v) is 14.2. The van der Waals surface area contributed by atoms with Gasteiger partial charge in [0, 0.05) is 31.2 Å². The van der Waals surface area contributed by atoms with E-state index in [2.05, 4.69) is 29.4 Å². The Balaban J connectivity index is 2.26. The summed E-state index contributed by atoms with van der Waals surface area (Å²) in [6, 6.07) is -1.49. The van der Waals surface area contributed by atoms with E-state index in [1.807, 2.05) is 54.5 Å². The van der Waals surface area contributed by atoms with Gasteiger partial charge < -0.3 is 20.4 Å². The van der Waals surface area contributed by atoms with Crippen LogP contribution < -0.4 is 10.6 Å². The summed E-state index contributed by atoms with van der Waals surface area (Å²) in [5.41, 5.74) is 0.00271. The van der Waals surface area contributed by atoms with Crippen molar-refractivity contribution in [2.24, 2.45) is 11.3 Å². The van der Waals surface area contributed by atoms with Crippen LogP contribution in [0.5, 0.6) is 0 Å². The lowest BCUT2D eigenvalue weighted by atomic mass is 9.84. The molecule has 9 heteroatoms. The molecular weight excluding hydrogens is 530 g/mol. The van der Waals surface area contributed by atoms with Crippen molar-refractivity contribution in [1.82, 2.24) is 25.3 Å². The molecule has 2 aliphatic rings. The van der Waals surface area contributed by atoms with Gasteiger partial charge in [-0.3, -0.25) is 24.1 Å². The maximum Gasteiger partial charge on any atom is 0.249 e. The number of piperidine rings is 1. The topological polar surface area (TPSA) is 102 Å². The molecule has 4 amide bonds. The van der Waals surface area contributed by atoms with E-state index in [9.17, 15) is 19.2 Å². The predicted octanol–water partition coefficient (Wildman–Crippen LogP) is 4.12. The molecule has 0 aromatic rings. The van der Waals surface area contributed by atoms with Crippen molar-refractivity contribution in [3.63, 3.8) is 0 Å². The van der Waals surface area contributed by atoms with Gasteiger partial charge in [-0.1, -0.05) is 54.0 Å². The minimum absolute atomic E-state index is 0.0240. The summed E-state index contributed by atoms with van der Waals surface area (Å²) in [5, 5.41) is 6.15. The van der Waals surface area contributed by atoms with Crippen LogP contribution >= 0.6 is 0 Å². The zero-order valence-electron chi connectivity index (χ0n) is 28.3. The van der Waals surface area contributed by atoms with Gasteiger partial charge in [-0.2, -0.15) is 0 Å². The number of carbonyl (C=O) groups excluding carboxylic acids is 4. The van der Waals surface area contributed by atoms with Gasteiger partial charge in [-0.05, 0) is 77.7 Å². The number of likely N-dealkylation sites (tertiary alicyclic amines) is 2. The van der Waals surface area contributed by atoms with Gasteiger partial charge >= 0.3 is 0 Å². The summed E-state index contributed by atoms with van der Waals surface area (Å²) in [6.07, 6.45) is 6.98. The van der Waals surface area contributed by atoms with Crippen molar-refractivity contribution in [1.29, 1.82) is 0 Å². The van der Waals surface area contributed by atoms with Crippen LogP contribution in [0, 0.1) is 11.3 Å². The summed E-state index contributed by atoms with van der Waals surface area (Å²) >= 11 is 0. The fraction of sp³-hybridized carbons (Fsp3) is 0.818. The first-order valence-corrected chi connectivity index (χ1v) is 16.1. The molecule has 2 saturated heterocycles. The van der Waals surface area contributed by atoms with Crippen LogP contribution in [0.15, 0.2) is 11.6 Å². The summed E-state index contributed by atoms with van der Waals surface area (Å²) in [4.78, 5) is 59.7. The second kappa shape index (κ2) is 15.3. The molecule has 42 heavy (non-hydrogen) atoms. The van der Waals surface area contributed by atoms with Gasteiger partial charge in [-0.25, -0.2) is 0 Å². The smallest absolute Gasteiger partial charge is 0.249 e. The van der Waals surface area contributed by atoms with Crippen molar-refractivity contribution in [3.8, 4) is 0 Å². The molecule has 0 aromatic heterocycles. The number of hydrogen-bond donors (Lipinski definition) is 2. The molecule has 5 atom stereocenters. The molecular formula is C33H59N5O4. The molecule has 1 unspecified atom stereocenters. The molecule has 2 heterocycles. The lowest BCUT2D eigenvalue weighted by Crippen LogP contribution is -2.60. The maximum absolute atomic E-state index is 14.1. The zero-order chi connectivity index (χ0) is 31.9. The van der Waals surface area contributed by atoms with Crippen LogP contribution in [0.2, 0.25) is 0 Å². The third kappa shape index (κ3) is 9.04. The number of amides is 4. The first-order valence-electron chi connectivity index (χ1n) is 16.1. The molecule has 0 bridgehead atoms. The fourth-order valence-corrected chi connectivity index (χ4v) is 6.12. The molecule has 2 N–H and O–H groups in total. The third-order valence-corrected chi connectivity index (χ3v) is 8.96. The van der Waals surface area contributed by atoms with E-state index in [1.165, 1.54) is 0 Å². The van der Waals surface area contributed by atoms with E-state index in [-0.39, 0.29) is 53.7 Å². The summed E-state index contributed by atoms with van der Waals surface area (Å²) < 4.78 is 0. The minimum Gasteiger partial charge on any atom is -0.352 e. The van der Waals surface area contributed by atoms with Crippen LogP contribution in [0.4, 0.5) is 0 Å². The summed E-state index contributed by atoms with van der Waals surface area (Å²) in [7, 11) is 1.76. The Morgan fingerprint density at radius 3 is 2.05 bits per heavy atom. The SMILES string of the molecule is CC[C@@H](C)NC(=O)[C@@H]1CCCN1C(=O)/C(C)=C/[C@H](C(C)C)N(C)C(=O)[C@@H](NC(=O)C1CCCCN1C(C)C)C(C)(C)C. The highest BCUT2D eigenvalue weighted by molar-refractivity contribution is 5.97. The van der Waals surface area contributed by atoms with E-state index in [4.69, 9.17) is 0 Å². The highest BCUT2D eigenvalue weighted by Crippen LogP contribution is 2.27. The van der Waals surface area contributed by atoms with Crippen molar-refractivity contribution in [2.45, 2.75) is 144 Å². The van der Waals surface area contributed by atoms with Crippen LogP contribution in [0.1, 0.15) is 108 Å². The number of hydrogen-bond acceptors (Lipinski definition) is 5. The number of likely N-dealkylation sites (N-methyl/N-ethyl adjacent to an activating group) is 1. The van der Waals surface area contributed by atoms with Crippen molar-refractivity contribution < 1.29 is 19.2 Å². The van der Waals surface area contributed by atoms with E-state index >= 15 is 0 Å². The molecule has 2 fully saturated rings. The van der Waals surface area contributed by atoms with Gasteiger partial charge in [0.15, 0.2) is 0 Å². The van der Waals surface area contributed by atoms with Gasteiger partial charge in [-0.15, -0.1) is 0 Å². The van der Waals surface area contributed by atoms with Crippen molar-refractivity contribution in [3.05, 3.63) is 11.6 Å². The molecule has 0 radical (unpaired) electrons. The number of carbonyl (C=O) groups is 4. The standard InChI is InChI=1S/C33H59N5O4/c1-12-24(7)34-29(39)26-17-15-19-38(26)31(41)23(6)20-27(21(2)3)36(11)32(42)28(33(8,9)10)35-30(40)25-16-13-14-18-37(25)22(4)5/h20-22,24-28H,12-19H2,1-11H3,(H,34,39)(H,35,40)/b23-20+/t24-,25?,26+,27-,28-/m1/s1. The normalized spacial score (nSPS) is 22.6. The Morgan fingerprint density at radius 2 is 1.50 bits per heavy atom. The van der Waals surface area contributed by atoms with Crippen LogP contribution in [0.3, 0.4) is 0 Å². The van der Waals surface area contributed by atoms with Crippen LogP contribution in [-0.2, 0) is 19.2 Å². The molecule has 240 valence electrons. The van der Waals surface area contributed by atoms with Gasteiger partial charge in [0.2, 0.25) is 23.6 Å². The Labute approximate surface area is 255 Å². The Morgan fingerprint density at radius 1 is 0.905 bits per heavy atom. The molecule has 0 spiro atoms. The van der Waals surface area contributed by atoms with Gasteiger partial charge in [0.25, 0.3) is 0 Å². The van der Waals surface area contributed by atoms with E-state index in [0.29, 0.717) is 18.5 Å². The lowest BCUT2D eigenvalue weighted by molar-refractivity contribution is -0.142. The summed E-state index contributed by atoms with van der Waals surface area (Å²) in [6.45, 7) is 21.3. The first kappa shape index (κ1) is 35.8. The van der Waals surface area contributed by atoms with Gasteiger partial charge in [0.1, 0.15) is 12.1 Å². The van der Waals surface area contributed by atoms with Gasteiger partial charge in [0.05, 0.1) is 12.1 Å².